The smallest absolute Gasteiger partial charge is 0.385 e. The van der Waals surface area contributed by atoms with E-state index in [0.717, 1.165) is 16.8 Å². The molecule has 1 fully saturated rings. The summed E-state index contributed by atoms with van der Waals surface area (Å²) in [5, 5.41) is 20.4. The molecule has 0 amide bonds. The van der Waals surface area contributed by atoms with Crippen LogP contribution in [0, 0.1) is 17.1 Å². The Morgan fingerprint density at radius 3 is 2.30 bits per heavy atom. The third-order valence-electron chi connectivity index (χ3n) is 3.29. The van der Waals surface area contributed by atoms with Crippen LogP contribution in [-0.4, -0.2) is 57.3 Å². The summed E-state index contributed by atoms with van der Waals surface area (Å²) in [6.07, 6.45) is 0.230. The monoisotopic (exact) mass is 510 g/mol. The van der Waals surface area contributed by atoms with Crippen molar-refractivity contribution in [2.75, 3.05) is 0 Å². The van der Waals surface area contributed by atoms with E-state index in [2.05, 4.69) is 18.1 Å². The maximum absolute atomic E-state index is 12.0. The highest BCUT2D eigenvalue weighted by Gasteiger charge is 2.59. The van der Waals surface area contributed by atoms with Gasteiger partial charge in [-0.15, -0.1) is 6.42 Å². The van der Waals surface area contributed by atoms with Crippen molar-refractivity contribution < 1.29 is 61.4 Å². The second kappa shape index (κ2) is 8.47. The van der Waals surface area contributed by atoms with Crippen molar-refractivity contribution in [1.29, 1.82) is 0 Å². The number of phosphoric ester groups is 1. The van der Waals surface area contributed by atoms with Crippen LogP contribution >= 0.6 is 35.7 Å². The van der Waals surface area contributed by atoms with Crippen LogP contribution < -0.4 is 5.56 Å². The number of hydrogen-bond acceptors (Lipinski definition) is 11. The molecule has 2 rings (SSSR count). The zero-order valence-electron chi connectivity index (χ0n) is 14.1. The Hall–Kier alpha value is -1.05. The molecule has 0 radical (unpaired) electrons. The summed E-state index contributed by atoms with van der Waals surface area (Å²) in [5.74, 6) is -1.36. The van der Waals surface area contributed by atoms with Crippen LogP contribution in [0.25, 0.3) is 0 Å². The third-order valence-corrected chi connectivity index (χ3v) is 7.44. The van der Waals surface area contributed by atoms with E-state index in [1.807, 2.05) is 0 Å². The van der Waals surface area contributed by atoms with Gasteiger partial charge in [-0.05, 0) is 18.1 Å². The molecule has 1 aliphatic heterocycles. The Labute approximate surface area is 171 Å². The van der Waals surface area contributed by atoms with E-state index in [9.17, 15) is 38.5 Å². The van der Waals surface area contributed by atoms with Gasteiger partial charge < -0.3 is 34.5 Å². The summed E-state index contributed by atoms with van der Waals surface area (Å²) >= 11 is 4.86. The van der Waals surface area contributed by atoms with Crippen LogP contribution in [0.3, 0.4) is 0 Å². The van der Waals surface area contributed by atoms with Crippen LogP contribution in [0.2, 0.25) is 0 Å². The summed E-state index contributed by atoms with van der Waals surface area (Å²) in [6.45, 7) is 0. The minimum atomic E-state index is -5.89. The van der Waals surface area contributed by atoms with Crippen LogP contribution in [-0.2, 0) is 31.6 Å². The van der Waals surface area contributed by atoms with Gasteiger partial charge in [-0.1, -0.05) is 0 Å². The van der Waals surface area contributed by atoms with E-state index < -0.39 is 53.3 Å². The Morgan fingerprint density at radius 2 is 1.80 bits per heavy atom. The number of rotatable bonds is 7. The molecule has 0 bridgehead atoms. The Morgan fingerprint density at radius 1 is 1.20 bits per heavy atom. The first-order valence-electron chi connectivity index (χ1n) is 7.19. The van der Waals surface area contributed by atoms with Crippen molar-refractivity contribution in [3.8, 4) is 12.3 Å². The fourth-order valence-corrected chi connectivity index (χ4v) is 5.69. The van der Waals surface area contributed by atoms with Crippen molar-refractivity contribution in [3.05, 3.63) is 27.4 Å². The Kier molecular flexibility index (Phi) is 7.12. The number of nitrogens with zero attached hydrogens (tertiary/aromatic N) is 1. The Bertz CT molecular complexity index is 1120. The molecular weight excluding hydrogens is 497 g/mol. The van der Waals surface area contributed by atoms with E-state index in [1.54, 1.807) is 5.92 Å². The zero-order valence-corrected chi connectivity index (χ0v) is 17.6. The summed E-state index contributed by atoms with van der Waals surface area (Å²) in [7, 11) is -17.4. The normalized spacial score (nSPS) is 30.9. The first-order valence-corrected chi connectivity index (χ1v) is 12.1. The molecule has 6 atom stereocenters. The van der Waals surface area contributed by atoms with Crippen LogP contribution in [0.4, 0.5) is 0 Å². The number of aromatic nitrogens is 2. The van der Waals surface area contributed by atoms with Gasteiger partial charge >= 0.3 is 23.5 Å². The number of terminal acetylenes is 1. The first kappa shape index (κ1) is 25.2. The van der Waals surface area contributed by atoms with Crippen LogP contribution in [0.15, 0.2) is 17.1 Å². The molecule has 7 N–H and O–H groups in total. The van der Waals surface area contributed by atoms with Crippen molar-refractivity contribution >= 4 is 35.7 Å². The average Bonchev–Trinajstić information content (AvgIpc) is 2.76. The highest BCUT2D eigenvalue weighted by Crippen LogP contribution is 2.67. The predicted octanol–water partition coefficient (Wildman–Crippen LogP) is -1.17. The molecule has 168 valence electrons. The average molecular weight is 510 g/mol. The van der Waals surface area contributed by atoms with Gasteiger partial charge in [-0.25, -0.2) is 18.2 Å². The maximum atomic E-state index is 12.0. The SMILES string of the molecule is C#C[C@]1(OP(=O)(O)OP(=O)(O)OP(=O)(O)O)O[C@@H](n2ccc(=O)[nH]c2=S)C(O)[C@H]1O. The molecule has 2 heterocycles. The van der Waals surface area contributed by atoms with Gasteiger partial charge in [0.15, 0.2) is 17.1 Å². The van der Waals surface area contributed by atoms with Gasteiger partial charge in [-0.3, -0.25) is 14.3 Å². The van der Waals surface area contributed by atoms with Crippen molar-refractivity contribution in [1.82, 2.24) is 9.55 Å². The number of hydrogen-bond donors (Lipinski definition) is 7. The molecule has 0 spiro atoms. The lowest BCUT2D eigenvalue weighted by Gasteiger charge is -2.28. The molecule has 20 heteroatoms. The van der Waals surface area contributed by atoms with E-state index >= 15 is 0 Å². The summed E-state index contributed by atoms with van der Waals surface area (Å²) in [4.78, 5) is 49.3. The molecule has 0 aliphatic carbocycles. The van der Waals surface area contributed by atoms with E-state index in [1.165, 1.54) is 0 Å². The number of ether oxygens (including phenoxy) is 1. The van der Waals surface area contributed by atoms with E-state index in [-0.39, 0.29) is 4.77 Å². The van der Waals surface area contributed by atoms with Gasteiger partial charge in [0.2, 0.25) is 0 Å². The first-order chi connectivity index (χ1) is 13.5. The maximum Gasteiger partial charge on any atom is 0.490 e. The van der Waals surface area contributed by atoms with Crippen molar-refractivity contribution in [2.24, 2.45) is 0 Å². The highest BCUT2D eigenvalue weighted by molar-refractivity contribution is 7.71. The number of phosphoric acid groups is 3. The van der Waals surface area contributed by atoms with Crippen molar-refractivity contribution in [3.63, 3.8) is 0 Å². The quantitative estimate of drug-likeness (QED) is 0.130. The molecule has 1 saturated heterocycles. The lowest BCUT2D eigenvalue weighted by Crippen LogP contribution is -2.43. The fourth-order valence-electron chi connectivity index (χ4n) is 2.24. The standard InChI is InChI=1S/C10H13N2O14P3S/c1-2-10(24-28(19,20)26-29(21,22)25-27(16,17)18)7(15)6(14)8(23-10)12-4-3-5(13)11-9(12)30/h1,3-4,6-8,14-15H,(H,19,20)(H,21,22)(H,11,13,30)(H2,16,17,18)/t6?,7-,8-,10-/m1/s1. The van der Waals surface area contributed by atoms with Crippen LogP contribution in [0.1, 0.15) is 6.23 Å². The molecular formula is C10H13N2O14P3S. The minimum Gasteiger partial charge on any atom is -0.385 e. The van der Waals surface area contributed by atoms with Crippen LogP contribution in [0.5, 0.6) is 0 Å². The summed E-state index contributed by atoms with van der Waals surface area (Å²) in [6, 6.07) is 0.955. The van der Waals surface area contributed by atoms with Gasteiger partial charge in [-0.2, -0.15) is 8.62 Å². The topological polar surface area (TPSA) is 247 Å². The molecule has 1 aromatic rings. The second-order valence-corrected chi connectivity index (χ2v) is 10.2. The predicted molar refractivity (Wildman–Crippen MR) is 94.5 cm³/mol. The Balaban J connectivity index is 2.34. The second-order valence-electron chi connectivity index (χ2n) is 5.46. The van der Waals surface area contributed by atoms with Crippen molar-refractivity contribution in [2.45, 2.75) is 24.2 Å². The zero-order chi connectivity index (χ0) is 23.1. The van der Waals surface area contributed by atoms with Gasteiger partial charge in [0.25, 0.3) is 11.3 Å². The number of aromatic amines is 1. The van der Waals surface area contributed by atoms with E-state index in [0.29, 0.717) is 0 Å². The summed E-state index contributed by atoms with van der Waals surface area (Å²) in [5.41, 5.74) is -0.624. The van der Waals surface area contributed by atoms with Gasteiger partial charge in [0.1, 0.15) is 6.10 Å². The number of aliphatic hydroxyl groups is 2. The lowest BCUT2D eigenvalue weighted by atomic mass is 10.1. The molecule has 3 unspecified atom stereocenters. The molecule has 30 heavy (non-hydrogen) atoms. The minimum absolute atomic E-state index is 0.315. The van der Waals surface area contributed by atoms with Gasteiger partial charge in [0.05, 0.1) is 0 Å². The fraction of sp³-hybridized carbons (Fsp3) is 0.400. The molecule has 16 nitrogen and oxygen atoms in total. The molecule has 1 aliphatic rings. The van der Waals surface area contributed by atoms with Gasteiger partial charge in [0, 0.05) is 12.3 Å². The molecule has 1 aromatic heterocycles. The largest absolute Gasteiger partial charge is 0.490 e. The number of aliphatic hydroxyl groups excluding tert-OH is 2. The molecule has 0 saturated carbocycles. The summed E-state index contributed by atoms with van der Waals surface area (Å²) < 4.78 is 51.3. The molecule has 0 aromatic carbocycles. The number of H-pyrrole nitrogens is 1. The number of nitrogens with one attached hydrogen (secondary N) is 1. The lowest BCUT2D eigenvalue weighted by molar-refractivity contribution is -0.187. The van der Waals surface area contributed by atoms with E-state index in [4.69, 9.17) is 33.2 Å². The third kappa shape index (κ3) is 5.80. The highest BCUT2D eigenvalue weighted by atomic mass is 32.1.